The summed E-state index contributed by atoms with van der Waals surface area (Å²) in [5.41, 5.74) is 4.83. The highest BCUT2D eigenvalue weighted by Gasteiger charge is 2.23. The lowest BCUT2D eigenvalue weighted by atomic mass is 9.90. The minimum Gasteiger partial charge on any atom is -0.307 e. The topological polar surface area (TPSA) is 52.9 Å². The smallest absolute Gasteiger partial charge is 0.151 e. The number of Topliss-reactive ketones (excluding diaryl/α,β-unsaturated/α-hetero) is 1. The van der Waals surface area contributed by atoms with Crippen LogP contribution in [0, 0.1) is 17.2 Å². The molecule has 1 aliphatic heterocycles. The Morgan fingerprint density at radius 1 is 1.07 bits per heavy atom. The van der Waals surface area contributed by atoms with Crippen molar-refractivity contribution in [3.05, 3.63) is 59.7 Å². The number of carbonyl (C=O) groups excluding carboxylic acids is 1. The molecule has 0 bridgehead atoms. The fourth-order valence-corrected chi connectivity index (χ4v) is 3.73. The van der Waals surface area contributed by atoms with Gasteiger partial charge in [0.25, 0.3) is 0 Å². The molecule has 3 nitrogen and oxygen atoms in total. The summed E-state index contributed by atoms with van der Waals surface area (Å²) in [6.07, 6.45) is 5.16. The summed E-state index contributed by atoms with van der Waals surface area (Å²) in [4.78, 5) is 12.4. The molecular weight excluding hydrogens is 332 g/mol. The van der Waals surface area contributed by atoms with Gasteiger partial charge in [0, 0.05) is 6.42 Å². The Labute approximate surface area is 162 Å². The number of piperidine rings is 1. The maximum Gasteiger partial charge on any atom is 0.151 e. The van der Waals surface area contributed by atoms with E-state index < -0.39 is 0 Å². The average molecular weight is 361 g/mol. The summed E-state index contributed by atoms with van der Waals surface area (Å²) in [6.45, 7) is 3.07. The third-order valence-corrected chi connectivity index (χ3v) is 5.46. The highest BCUT2D eigenvalue weighted by atomic mass is 16.1. The molecule has 27 heavy (non-hydrogen) atoms. The molecule has 1 aliphatic rings. The van der Waals surface area contributed by atoms with Gasteiger partial charge >= 0.3 is 0 Å². The fraction of sp³-hybridized carbons (Fsp3) is 0.417. The van der Waals surface area contributed by atoms with Gasteiger partial charge in [0.15, 0.2) is 5.78 Å². The lowest BCUT2D eigenvalue weighted by molar-refractivity contribution is -0.122. The van der Waals surface area contributed by atoms with Gasteiger partial charge in [-0.2, -0.15) is 5.26 Å². The molecule has 0 aliphatic carbocycles. The number of hydrogen-bond donors (Lipinski definition) is 1. The first-order valence-corrected chi connectivity index (χ1v) is 10.0. The second-order valence-corrected chi connectivity index (χ2v) is 7.45. The summed E-state index contributed by atoms with van der Waals surface area (Å²) in [5.74, 6) is -0.0650. The molecule has 0 amide bonds. The van der Waals surface area contributed by atoms with Crippen LogP contribution in [0.4, 0.5) is 0 Å². The monoisotopic (exact) mass is 360 g/mol. The van der Waals surface area contributed by atoms with Crippen LogP contribution in [-0.2, 0) is 17.6 Å². The minimum atomic E-state index is -0.254. The predicted octanol–water partition coefficient (Wildman–Crippen LogP) is 4.70. The highest BCUT2D eigenvalue weighted by Crippen LogP contribution is 2.22. The normalized spacial score (nSPS) is 17.9. The van der Waals surface area contributed by atoms with Crippen molar-refractivity contribution in [1.82, 2.24) is 5.32 Å². The maximum absolute atomic E-state index is 12.4. The van der Waals surface area contributed by atoms with Gasteiger partial charge in [-0.05, 0) is 54.5 Å². The van der Waals surface area contributed by atoms with Gasteiger partial charge in [-0.1, -0.05) is 61.9 Å². The van der Waals surface area contributed by atoms with E-state index in [1.165, 1.54) is 16.7 Å². The van der Waals surface area contributed by atoms with Crippen LogP contribution < -0.4 is 5.32 Å². The molecular formula is C24H28N2O. The largest absolute Gasteiger partial charge is 0.307 e. The Hall–Kier alpha value is -2.44. The van der Waals surface area contributed by atoms with Gasteiger partial charge in [-0.3, -0.25) is 4.79 Å². The van der Waals surface area contributed by atoms with Crippen molar-refractivity contribution in [3.63, 3.8) is 0 Å². The van der Waals surface area contributed by atoms with E-state index >= 15 is 0 Å². The van der Waals surface area contributed by atoms with Crippen molar-refractivity contribution < 1.29 is 4.79 Å². The molecule has 0 unspecified atom stereocenters. The number of hydrogen-bond acceptors (Lipinski definition) is 3. The quantitative estimate of drug-likeness (QED) is 0.779. The molecule has 1 heterocycles. The second kappa shape index (κ2) is 9.48. The molecule has 140 valence electrons. The van der Waals surface area contributed by atoms with Crippen molar-refractivity contribution in [2.75, 3.05) is 6.54 Å². The third kappa shape index (κ3) is 5.28. The van der Waals surface area contributed by atoms with E-state index in [0.717, 1.165) is 37.8 Å². The Bertz CT molecular complexity index is 781. The standard InChI is InChI=1S/C24H28N2O/c1-2-18-6-10-21(11-7-18)22-12-8-19(9-13-22)15-20(17-25)16-24(27)23-5-3-4-14-26-23/h6-13,20,23,26H,2-5,14-16H2,1H3/t20-,23+/m1/s1. The predicted molar refractivity (Wildman–Crippen MR) is 109 cm³/mol. The molecule has 2 atom stereocenters. The van der Waals surface area contributed by atoms with Crippen molar-refractivity contribution in [2.24, 2.45) is 5.92 Å². The number of nitrogens with zero attached hydrogens (tertiary/aromatic N) is 1. The van der Waals surface area contributed by atoms with E-state index in [1.807, 2.05) is 0 Å². The van der Waals surface area contributed by atoms with Crippen LogP contribution >= 0.6 is 0 Å². The molecule has 0 radical (unpaired) electrons. The van der Waals surface area contributed by atoms with Crippen molar-refractivity contribution in [1.29, 1.82) is 5.26 Å². The Morgan fingerprint density at radius 3 is 2.22 bits per heavy atom. The van der Waals surface area contributed by atoms with E-state index in [-0.39, 0.29) is 17.7 Å². The average Bonchev–Trinajstić information content (AvgIpc) is 2.74. The Morgan fingerprint density at radius 2 is 1.70 bits per heavy atom. The molecule has 0 spiro atoms. The van der Waals surface area contributed by atoms with Crippen LogP contribution in [0.5, 0.6) is 0 Å². The molecule has 1 fully saturated rings. The number of nitriles is 1. The molecule has 2 aromatic rings. The van der Waals surface area contributed by atoms with Crippen LogP contribution in [0.3, 0.4) is 0 Å². The molecule has 1 N–H and O–H groups in total. The molecule has 3 heteroatoms. The van der Waals surface area contributed by atoms with Gasteiger partial charge in [0.1, 0.15) is 0 Å². The second-order valence-electron chi connectivity index (χ2n) is 7.45. The number of rotatable bonds is 7. The van der Waals surface area contributed by atoms with E-state index in [4.69, 9.17) is 0 Å². The maximum atomic E-state index is 12.4. The Kier molecular flexibility index (Phi) is 6.79. The summed E-state index contributed by atoms with van der Waals surface area (Å²) < 4.78 is 0. The molecule has 1 saturated heterocycles. The van der Waals surface area contributed by atoms with Crippen molar-refractivity contribution in [3.8, 4) is 17.2 Å². The van der Waals surface area contributed by atoms with Crippen LogP contribution in [0.15, 0.2) is 48.5 Å². The zero-order valence-electron chi connectivity index (χ0n) is 16.1. The van der Waals surface area contributed by atoms with E-state index in [1.54, 1.807) is 0 Å². The minimum absolute atomic E-state index is 0.0527. The number of aryl methyl sites for hydroxylation is 1. The third-order valence-electron chi connectivity index (χ3n) is 5.46. The first-order chi connectivity index (χ1) is 13.2. The number of ketones is 1. The van der Waals surface area contributed by atoms with Crippen molar-refractivity contribution in [2.45, 2.75) is 51.5 Å². The SMILES string of the molecule is CCc1ccc(-c2ccc(C[C@@H](C#N)CC(=O)[C@@H]3CCCCN3)cc2)cc1. The molecule has 0 saturated carbocycles. The zero-order valence-corrected chi connectivity index (χ0v) is 16.1. The van der Waals surface area contributed by atoms with E-state index in [0.29, 0.717) is 12.8 Å². The summed E-state index contributed by atoms with van der Waals surface area (Å²) in [5, 5.41) is 12.8. The molecule has 3 rings (SSSR count). The van der Waals surface area contributed by atoms with Gasteiger partial charge in [-0.15, -0.1) is 0 Å². The number of nitrogens with one attached hydrogen (secondary N) is 1. The lowest BCUT2D eigenvalue weighted by Gasteiger charge is -2.23. The number of carbonyl (C=O) groups is 1. The summed E-state index contributed by atoms with van der Waals surface area (Å²) in [6, 6.07) is 19.3. The summed E-state index contributed by atoms with van der Waals surface area (Å²) >= 11 is 0. The summed E-state index contributed by atoms with van der Waals surface area (Å²) in [7, 11) is 0. The van der Waals surface area contributed by atoms with E-state index in [2.05, 4.69) is 66.8 Å². The van der Waals surface area contributed by atoms with Crippen LogP contribution in [0.2, 0.25) is 0 Å². The van der Waals surface area contributed by atoms with Gasteiger partial charge < -0.3 is 5.32 Å². The van der Waals surface area contributed by atoms with Gasteiger partial charge in [-0.25, -0.2) is 0 Å². The fourth-order valence-electron chi connectivity index (χ4n) is 3.73. The van der Waals surface area contributed by atoms with Gasteiger partial charge in [0.05, 0.1) is 18.0 Å². The van der Waals surface area contributed by atoms with Gasteiger partial charge in [0.2, 0.25) is 0 Å². The number of benzene rings is 2. The Balaban J connectivity index is 1.60. The lowest BCUT2D eigenvalue weighted by Crippen LogP contribution is -2.41. The van der Waals surface area contributed by atoms with Crippen molar-refractivity contribution >= 4 is 5.78 Å². The first-order valence-electron chi connectivity index (χ1n) is 10.0. The zero-order chi connectivity index (χ0) is 19.1. The molecule has 0 aromatic heterocycles. The van der Waals surface area contributed by atoms with Crippen LogP contribution in [0.1, 0.15) is 43.7 Å². The first kappa shape index (κ1) is 19.3. The van der Waals surface area contributed by atoms with E-state index in [9.17, 15) is 10.1 Å². The molecule has 2 aromatic carbocycles. The highest BCUT2D eigenvalue weighted by molar-refractivity contribution is 5.84. The van der Waals surface area contributed by atoms with Crippen LogP contribution in [0.25, 0.3) is 11.1 Å². The van der Waals surface area contributed by atoms with Crippen LogP contribution in [-0.4, -0.2) is 18.4 Å².